The van der Waals surface area contributed by atoms with Gasteiger partial charge in [-0.25, -0.2) is 16.8 Å². The average molecular weight is 651 g/mol. The van der Waals surface area contributed by atoms with Crippen LogP contribution >= 0.6 is 10.7 Å². The lowest BCUT2D eigenvalue weighted by Gasteiger charge is -2.22. The molecule has 0 saturated heterocycles. The monoisotopic (exact) mass is 650 g/mol. The normalized spacial score (nSPS) is 12.0. The van der Waals surface area contributed by atoms with E-state index >= 15 is 0 Å². The fraction of sp³-hybridized carbons (Fsp3) is 0.600. The molecule has 0 spiro atoms. The Morgan fingerprint density at radius 3 is 0.952 bits per heavy atom. The Morgan fingerprint density at radius 2 is 0.786 bits per heavy atom. The van der Waals surface area contributed by atoms with Crippen molar-refractivity contribution in [2.75, 3.05) is 0 Å². The molecule has 0 aliphatic carbocycles. The summed E-state index contributed by atoms with van der Waals surface area (Å²) in [5.41, 5.74) is 5.63. The lowest BCUT2D eigenvalue weighted by molar-refractivity contribution is 0.578. The van der Waals surface area contributed by atoms with Gasteiger partial charge < -0.3 is 5.48 Å². The van der Waals surface area contributed by atoms with Gasteiger partial charge in [-0.05, 0) is 68.9 Å². The molecule has 0 atom stereocenters. The van der Waals surface area contributed by atoms with Crippen LogP contribution in [0.15, 0.2) is 34.1 Å². The molecular weight excluding hydrogens is 596 g/mol. The molecule has 9 N–H and O–H groups in total. The number of benzene rings is 2. The maximum atomic E-state index is 12.3. The predicted molar refractivity (Wildman–Crippen MR) is 177 cm³/mol. The molecule has 2 aromatic carbocycles. The van der Waals surface area contributed by atoms with E-state index in [-0.39, 0.29) is 29.1 Å². The van der Waals surface area contributed by atoms with Crippen LogP contribution in [0.1, 0.15) is 152 Å². The Morgan fingerprint density at radius 1 is 0.548 bits per heavy atom. The summed E-state index contributed by atoms with van der Waals surface area (Å²) in [5.74, 6) is 14.4. The van der Waals surface area contributed by atoms with Crippen LogP contribution < -0.4 is 22.4 Å². The number of hydrazine groups is 2. The fourth-order valence-electron chi connectivity index (χ4n) is 4.43. The molecule has 244 valence electrons. The quantitative estimate of drug-likeness (QED) is 0.141. The Kier molecular flexibility index (Phi) is 17.9. The van der Waals surface area contributed by atoms with E-state index in [4.69, 9.17) is 16.5 Å². The van der Waals surface area contributed by atoms with Crippen molar-refractivity contribution in [3.8, 4) is 0 Å². The van der Waals surface area contributed by atoms with E-state index in [1.807, 2.05) is 84.5 Å². The van der Waals surface area contributed by atoms with Crippen molar-refractivity contribution < 1.29 is 22.3 Å². The number of hydrogen-bond acceptors (Lipinski definition) is 7. The van der Waals surface area contributed by atoms with Gasteiger partial charge in [-0.3, -0.25) is 17.5 Å². The van der Waals surface area contributed by atoms with Crippen LogP contribution in [0, 0.1) is 0 Å². The zero-order valence-corrected chi connectivity index (χ0v) is 29.7. The zero-order chi connectivity index (χ0) is 32.6. The molecule has 0 heterocycles. The third kappa shape index (κ3) is 11.2. The van der Waals surface area contributed by atoms with Crippen LogP contribution in [-0.2, 0) is 19.1 Å². The highest BCUT2D eigenvalue weighted by atomic mass is 35.7. The summed E-state index contributed by atoms with van der Waals surface area (Å²) in [6.07, 6.45) is 0. The van der Waals surface area contributed by atoms with Gasteiger partial charge in [0, 0.05) is 10.7 Å². The van der Waals surface area contributed by atoms with E-state index < -0.39 is 19.1 Å². The number of halogens is 1. The summed E-state index contributed by atoms with van der Waals surface area (Å²) in [7, 11) is -1.73. The van der Waals surface area contributed by atoms with Crippen molar-refractivity contribution in [2.24, 2.45) is 17.5 Å². The van der Waals surface area contributed by atoms with Gasteiger partial charge in [-0.2, -0.15) is 4.83 Å². The van der Waals surface area contributed by atoms with Gasteiger partial charge in [0.1, 0.15) is 0 Å². The van der Waals surface area contributed by atoms with E-state index in [9.17, 15) is 16.8 Å². The first-order chi connectivity index (χ1) is 18.7. The number of nitrogens with two attached hydrogens (primary N) is 3. The lowest BCUT2D eigenvalue weighted by atomic mass is 9.89. The van der Waals surface area contributed by atoms with Crippen molar-refractivity contribution in [3.05, 3.63) is 57.6 Å². The molecule has 42 heavy (non-hydrogen) atoms. The summed E-state index contributed by atoms with van der Waals surface area (Å²) in [6, 6.07) is 7.95. The first kappa shape index (κ1) is 42.6. The molecule has 12 heteroatoms. The predicted octanol–water partition coefficient (Wildman–Crippen LogP) is 6.19. The lowest BCUT2D eigenvalue weighted by Crippen LogP contribution is -2.32. The minimum absolute atomic E-state index is 0. The Hall–Kier alpha value is -1.57. The first-order valence-electron chi connectivity index (χ1n) is 14.0. The molecular formula is C30H55ClN4O5S2. The van der Waals surface area contributed by atoms with E-state index in [0.29, 0.717) is 21.6 Å². The summed E-state index contributed by atoms with van der Waals surface area (Å²) in [4.78, 5) is 2.62. The van der Waals surface area contributed by atoms with Crippen LogP contribution in [0.3, 0.4) is 0 Å². The van der Waals surface area contributed by atoms with Crippen molar-refractivity contribution in [1.29, 1.82) is 0 Å². The Bertz CT molecular complexity index is 1300. The molecule has 0 aliphatic heterocycles. The van der Waals surface area contributed by atoms with Crippen molar-refractivity contribution in [2.45, 2.75) is 128 Å². The summed E-state index contributed by atoms with van der Waals surface area (Å²) in [5, 5.41) is 0. The first-order valence-corrected chi connectivity index (χ1v) is 17.8. The molecule has 9 nitrogen and oxygen atoms in total. The van der Waals surface area contributed by atoms with Gasteiger partial charge in [-0.15, -0.1) is 0 Å². The number of hydrogen-bond donors (Lipinski definition) is 4. The second-order valence-electron chi connectivity index (χ2n) is 12.0. The van der Waals surface area contributed by atoms with Gasteiger partial charge >= 0.3 is 0 Å². The van der Waals surface area contributed by atoms with Gasteiger partial charge in [0.2, 0.25) is 0 Å². The van der Waals surface area contributed by atoms with Crippen LogP contribution in [0.2, 0.25) is 0 Å². The van der Waals surface area contributed by atoms with E-state index in [0.717, 1.165) is 33.4 Å². The largest absolute Gasteiger partial charge is 0.412 e. The van der Waals surface area contributed by atoms with Crippen molar-refractivity contribution >= 4 is 29.8 Å². The highest BCUT2D eigenvalue weighted by Gasteiger charge is 2.27. The van der Waals surface area contributed by atoms with Crippen LogP contribution in [0.25, 0.3) is 0 Å². The fourth-order valence-corrected chi connectivity index (χ4v) is 7.44. The number of rotatable bonds is 9. The number of sulfonamides is 1. The molecule has 0 aromatic heterocycles. The molecule has 0 bridgehead atoms. The summed E-state index contributed by atoms with van der Waals surface area (Å²) < 4.78 is 48.5. The van der Waals surface area contributed by atoms with Crippen molar-refractivity contribution in [1.82, 2.24) is 4.83 Å². The van der Waals surface area contributed by atoms with Crippen LogP contribution in [0.4, 0.5) is 0 Å². The maximum absolute atomic E-state index is 12.3. The van der Waals surface area contributed by atoms with E-state index in [1.165, 1.54) is 0 Å². The van der Waals surface area contributed by atoms with E-state index in [1.54, 1.807) is 0 Å². The molecule has 0 amide bonds. The average Bonchev–Trinajstić information content (AvgIpc) is 2.87. The molecule has 0 saturated carbocycles. The van der Waals surface area contributed by atoms with E-state index in [2.05, 4.69) is 39.4 Å². The van der Waals surface area contributed by atoms with Gasteiger partial charge in [0.25, 0.3) is 19.1 Å². The minimum Gasteiger partial charge on any atom is -0.412 e. The Balaban J connectivity index is 0. The molecule has 2 aromatic rings. The minimum atomic E-state index is -3.72. The SMILES string of the molecule is CC(C)c1cc(C(C)C)c(S(=O)(=O)Cl)c(C(C)C)c1.CC(C)c1cc(C(C)C)c(S(=O)(=O)NN)c(C(C)C)c1.NN.O. The highest BCUT2D eigenvalue weighted by molar-refractivity contribution is 8.13. The molecule has 2 rings (SSSR count). The third-order valence-corrected chi connectivity index (χ3v) is 9.57. The second kappa shape index (κ2) is 17.7. The molecule has 0 unspecified atom stereocenters. The smallest absolute Gasteiger partial charge is 0.261 e. The third-order valence-electron chi connectivity index (χ3n) is 6.83. The van der Waals surface area contributed by atoms with Crippen LogP contribution in [0.5, 0.6) is 0 Å². The van der Waals surface area contributed by atoms with Crippen molar-refractivity contribution in [3.63, 3.8) is 0 Å². The van der Waals surface area contributed by atoms with Gasteiger partial charge in [0.05, 0.1) is 9.79 Å². The second-order valence-corrected chi connectivity index (χ2v) is 16.2. The zero-order valence-electron chi connectivity index (χ0n) is 27.3. The highest BCUT2D eigenvalue weighted by Crippen LogP contribution is 2.37. The Labute approximate surface area is 259 Å². The maximum Gasteiger partial charge on any atom is 0.261 e. The van der Waals surface area contributed by atoms with Gasteiger partial charge in [0.15, 0.2) is 0 Å². The summed E-state index contributed by atoms with van der Waals surface area (Å²) in [6.45, 7) is 24.4. The number of nitrogens with one attached hydrogen (secondary N) is 1. The standard InChI is InChI=1S/C15H23ClO2S.C15H26N2O2S.H4N2.H2O/c1-9(2)12-7-13(10(3)4)15(19(16,17)18)14(8-12)11(5)6;1-9(2)12-7-13(10(3)4)15(20(18,19)17-16)14(8-12)11(5)6;1-2;/h7-11H,1-6H3;7-11,17H,16H2,1-6H3;1-2H2;1H2. The molecule has 0 aliphatic rings. The van der Waals surface area contributed by atoms with Gasteiger partial charge in [-0.1, -0.05) is 107 Å². The van der Waals surface area contributed by atoms with Crippen LogP contribution in [-0.4, -0.2) is 22.3 Å². The molecule has 0 radical (unpaired) electrons. The summed E-state index contributed by atoms with van der Waals surface area (Å²) >= 11 is 0. The topological polar surface area (TPSA) is 190 Å². The molecule has 0 fully saturated rings.